The summed E-state index contributed by atoms with van der Waals surface area (Å²) in [6.07, 6.45) is -2.52. The third kappa shape index (κ3) is 4.99. The summed E-state index contributed by atoms with van der Waals surface area (Å²) in [5.74, 6) is 0. The lowest BCUT2D eigenvalue weighted by molar-refractivity contribution is -0.673. The Morgan fingerprint density at radius 3 is 1.76 bits per heavy atom. The highest BCUT2D eigenvalue weighted by molar-refractivity contribution is 6.10. The molecule has 0 aliphatic heterocycles. The van der Waals surface area contributed by atoms with Gasteiger partial charge in [0.05, 0.1) is 16.7 Å². The predicted octanol–water partition coefficient (Wildman–Crippen LogP) is 8.18. The number of hydrogen-bond acceptors (Lipinski definition) is 1. The summed E-state index contributed by atoms with van der Waals surface area (Å²) in [4.78, 5) is 0. The van der Waals surface area contributed by atoms with Crippen LogP contribution < -0.4 is 4.57 Å². The first-order chi connectivity index (χ1) is 17.0. The van der Waals surface area contributed by atoms with E-state index in [4.69, 9.17) is 11.1 Å². The van der Waals surface area contributed by atoms with Gasteiger partial charge in [0, 0.05) is 22.9 Å². The van der Waals surface area contributed by atoms with Crippen molar-refractivity contribution in [3.63, 3.8) is 0 Å². The number of hydrogen-bond donors (Lipinski definition) is 1. The standard InChI is InChI=1S/C30H33F3N4/c1-28(2,3)18-8-10-24-21(14-18)22-15-19(29(4,5)6)9-11-25(22)37(24)20-12-13-36(7)26(16-20)23(34)17-27(35)30(31,32)33/h8-17,34-35H,1-7H3/b23-17-,35-27?. The average molecular weight is 507 g/mol. The van der Waals surface area contributed by atoms with Crippen molar-refractivity contribution in [1.29, 1.82) is 5.41 Å². The van der Waals surface area contributed by atoms with E-state index in [-0.39, 0.29) is 22.2 Å². The molecule has 4 nitrogen and oxygen atoms in total. The minimum atomic E-state index is -4.80. The fourth-order valence-electron chi connectivity index (χ4n) is 4.50. The number of allylic oxidation sites excluding steroid dienone is 1. The van der Waals surface area contributed by atoms with Crippen LogP contribution in [0.1, 0.15) is 58.4 Å². The quantitative estimate of drug-likeness (QED) is 0.215. The molecule has 0 aliphatic rings. The second-order valence-corrected chi connectivity index (χ2v) is 11.6. The zero-order valence-electron chi connectivity index (χ0n) is 22.3. The van der Waals surface area contributed by atoms with Gasteiger partial charge in [-0.25, -0.2) is 4.57 Å². The van der Waals surface area contributed by atoms with Crippen LogP contribution in [0.2, 0.25) is 0 Å². The summed E-state index contributed by atoms with van der Waals surface area (Å²) >= 11 is 0. The predicted molar refractivity (Wildman–Crippen MR) is 145 cm³/mol. The van der Waals surface area contributed by atoms with Crippen LogP contribution in [0.5, 0.6) is 0 Å². The van der Waals surface area contributed by atoms with Crippen molar-refractivity contribution in [3.8, 4) is 5.69 Å². The van der Waals surface area contributed by atoms with Crippen molar-refractivity contribution in [2.75, 3.05) is 0 Å². The summed E-state index contributed by atoms with van der Waals surface area (Å²) in [5, 5.41) is 9.51. The summed E-state index contributed by atoms with van der Waals surface area (Å²) < 4.78 is 42.5. The van der Waals surface area contributed by atoms with Crippen molar-refractivity contribution in [2.24, 2.45) is 7.05 Å². The molecule has 0 radical (unpaired) electrons. The minimum Gasteiger partial charge on any atom is -0.693 e. The van der Waals surface area contributed by atoms with Gasteiger partial charge < -0.3 is 10.3 Å². The number of benzene rings is 2. The van der Waals surface area contributed by atoms with Gasteiger partial charge in [0.2, 0.25) is 0 Å². The van der Waals surface area contributed by atoms with E-state index in [9.17, 15) is 13.2 Å². The van der Waals surface area contributed by atoms with Crippen molar-refractivity contribution in [1.82, 2.24) is 4.57 Å². The number of nitrogens with one attached hydrogen (secondary N) is 2. The first-order valence-corrected chi connectivity index (χ1v) is 12.2. The molecule has 4 rings (SSSR count). The van der Waals surface area contributed by atoms with Gasteiger partial charge in [-0.15, -0.1) is 0 Å². The van der Waals surface area contributed by atoms with E-state index < -0.39 is 11.9 Å². The largest absolute Gasteiger partial charge is 0.693 e. The van der Waals surface area contributed by atoms with Gasteiger partial charge in [-0.3, -0.25) is 5.41 Å². The highest BCUT2D eigenvalue weighted by Crippen LogP contribution is 2.37. The number of halogens is 3. The summed E-state index contributed by atoms with van der Waals surface area (Å²) in [5.41, 5.74) is 11.7. The Morgan fingerprint density at radius 2 is 1.32 bits per heavy atom. The molecule has 0 amide bonds. The molecule has 2 heterocycles. The zero-order chi connectivity index (χ0) is 27.5. The third-order valence-corrected chi connectivity index (χ3v) is 6.76. The molecule has 0 spiro atoms. The first-order valence-electron chi connectivity index (χ1n) is 12.2. The van der Waals surface area contributed by atoms with Crippen LogP contribution in [0.3, 0.4) is 0 Å². The Bertz CT molecular complexity index is 1490. The van der Waals surface area contributed by atoms with E-state index in [2.05, 4.69) is 82.5 Å². The van der Waals surface area contributed by atoms with E-state index >= 15 is 0 Å². The third-order valence-electron chi connectivity index (χ3n) is 6.76. The van der Waals surface area contributed by atoms with Crippen molar-refractivity contribution < 1.29 is 17.7 Å². The molecular formula is C30H33F3N4. The fourth-order valence-corrected chi connectivity index (χ4v) is 4.50. The maximum atomic E-state index is 12.9. The van der Waals surface area contributed by atoms with Gasteiger partial charge in [-0.05, 0) is 52.3 Å². The van der Waals surface area contributed by atoms with E-state index in [1.54, 1.807) is 23.9 Å². The Kier molecular flexibility index (Phi) is 6.26. The Balaban J connectivity index is 2.01. The zero-order valence-corrected chi connectivity index (χ0v) is 22.3. The normalized spacial score (nSPS) is 13.5. The van der Waals surface area contributed by atoms with Crippen LogP contribution in [-0.4, -0.2) is 16.5 Å². The molecule has 0 unspecified atom stereocenters. The SMILES string of the molecule is C[n+]1ccc(-n2c3ccc(C(C)(C)C)cc3c3cc(C(C)(C)C)ccc32)cc1/C([NH-])=C/C(=N)C(F)(F)F. The van der Waals surface area contributed by atoms with E-state index in [0.29, 0.717) is 6.08 Å². The number of aromatic nitrogens is 2. The molecule has 2 aromatic heterocycles. The lowest BCUT2D eigenvalue weighted by atomic mass is 9.85. The Morgan fingerprint density at radius 1 is 0.838 bits per heavy atom. The smallest absolute Gasteiger partial charge is 0.432 e. The second-order valence-electron chi connectivity index (χ2n) is 11.6. The summed E-state index contributed by atoms with van der Waals surface area (Å²) in [6, 6.07) is 16.5. The lowest BCUT2D eigenvalue weighted by Crippen LogP contribution is -2.32. The summed E-state index contributed by atoms with van der Waals surface area (Å²) in [7, 11) is 1.68. The Labute approximate surface area is 215 Å². The number of rotatable bonds is 3. The molecular weight excluding hydrogens is 473 g/mol. The molecule has 4 aromatic rings. The number of alkyl halides is 3. The molecule has 194 valence electrons. The lowest BCUT2D eigenvalue weighted by Gasteiger charge is -2.19. The van der Waals surface area contributed by atoms with E-state index in [1.165, 1.54) is 11.1 Å². The fraction of sp³-hybridized carbons (Fsp3) is 0.333. The minimum absolute atomic E-state index is 0.0359. The molecule has 0 fully saturated rings. The van der Waals surface area contributed by atoms with E-state index in [0.717, 1.165) is 27.5 Å². The summed E-state index contributed by atoms with van der Waals surface area (Å²) in [6.45, 7) is 13.1. The highest BCUT2D eigenvalue weighted by atomic mass is 19.4. The van der Waals surface area contributed by atoms with Crippen LogP contribution in [0, 0.1) is 5.41 Å². The molecule has 0 aliphatic carbocycles. The number of nitrogens with zero attached hydrogens (tertiary/aromatic N) is 2. The molecule has 37 heavy (non-hydrogen) atoms. The van der Waals surface area contributed by atoms with E-state index in [1.807, 2.05) is 6.07 Å². The number of aryl methyl sites for hydroxylation is 1. The van der Waals surface area contributed by atoms with Crippen LogP contribution in [-0.2, 0) is 17.9 Å². The molecule has 0 atom stereocenters. The van der Waals surface area contributed by atoms with Gasteiger partial charge in [-0.2, -0.15) is 13.2 Å². The van der Waals surface area contributed by atoms with Crippen LogP contribution in [0.4, 0.5) is 13.2 Å². The van der Waals surface area contributed by atoms with Gasteiger partial charge in [0.25, 0.3) is 0 Å². The van der Waals surface area contributed by atoms with Crippen molar-refractivity contribution >= 4 is 33.2 Å². The molecule has 0 bridgehead atoms. The second kappa shape index (κ2) is 8.75. The van der Waals surface area contributed by atoms with Gasteiger partial charge in [0.15, 0.2) is 11.9 Å². The molecule has 0 saturated heterocycles. The van der Waals surface area contributed by atoms with Crippen LogP contribution in [0.25, 0.3) is 38.9 Å². The van der Waals surface area contributed by atoms with Gasteiger partial charge >= 0.3 is 6.18 Å². The first kappa shape index (κ1) is 26.5. The van der Waals surface area contributed by atoms with Crippen LogP contribution >= 0.6 is 0 Å². The Hall–Kier alpha value is -3.61. The highest BCUT2D eigenvalue weighted by Gasteiger charge is 2.32. The number of pyridine rings is 1. The molecule has 7 heteroatoms. The molecule has 2 aromatic carbocycles. The van der Waals surface area contributed by atoms with Crippen molar-refractivity contribution in [2.45, 2.75) is 58.5 Å². The van der Waals surface area contributed by atoms with Gasteiger partial charge in [-0.1, -0.05) is 59.4 Å². The van der Waals surface area contributed by atoms with Crippen LogP contribution in [0.15, 0.2) is 60.8 Å². The topological polar surface area (TPSA) is 56.5 Å². The van der Waals surface area contributed by atoms with Gasteiger partial charge in [0.1, 0.15) is 12.8 Å². The molecule has 2 N–H and O–H groups in total. The van der Waals surface area contributed by atoms with Crippen molar-refractivity contribution in [3.05, 3.63) is 83.4 Å². The number of fused-ring (bicyclic) bond motifs is 3. The maximum absolute atomic E-state index is 12.9. The average Bonchev–Trinajstić information content (AvgIpc) is 3.10. The monoisotopic (exact) mass is 506 g/mol. The molecule has 0 saturated carbocycles. The maximum Gasteiger partial charge on any atom is 0.432 e.